The third-order valence-electron chi connectivity index (χ3n) is 16.1. The lowest BCUT2D eigenvalue weighted by atomic mass is 9.46. The summed E-state index contributed by atoms with van der Waals surface area (Å²) >= 11 is 0. The highest BCUT2D eigenvalue weighted by Crippen LogP contribution is 2.52. The van der Waals surface area contributed by atoms with Crippen LogP contribution in [0.25, 0.3) is 93.5 Å². The summed E-state index contributed by atoms with van der Waals surface area (Å²) in [6, 6.07) is 43.5. The lowest BCUT2D eigenvalue weighted by Crippen LogP contribution is -2.60. The summed E-state index contributed by atoms with van der Waals surface area (Å²) in [6.07, 6.45) is 2.31. The molecule has 6 heterocycles. The maximum atomic E-state index is 7.38. The van der Waals surface area contributed by atoms with Crippen molar-refractivity contribution in [2.45, 2.75) is 104 Å². The molecule has 5 nitrogen and oxygen atoms in total. The van der Waals surface area contributed by atoms with Crippen LogP contribution in [0.1, 0.15) is 104 Å². The van der Waals surface area contributed by atoms with Crippen LogP contribution >= 0.6 is 0 Å². The van der Waals surface area contributed by atoms with E-state index in [1.54, 1.807) is 0 Å². The largest absolute Gasteiger partial charge is 0.466 e. The van der Waals surface area contributed by atoms with Gasteiger partial charge in [0.1, 0.15) is 33.6 Å². The molecule has 0 amide bonds. The highest BCUT2D eigenvalue weighted by atomic mass is 16.3. The van der Waals surface area contributed by atoms with Crippen LogP contribution in [0.15, 0.2) is 129 Å². The van der Waals surface area contributed by atoms with E-state index in [1.165, 1.54) is 55.0 Å². The third kappa shape index (κ3) is 4.97. The van der Waals surface area contributed by atoms with Gasteiger partial charge in [-0.3, -0.25) is 0 Å². The van der Waals surface area contributed by atoms with Gasteiger partial charge in [-0.2, -0.15) is 0 Å². The van der Waals surface area contributed by atoms with E-state index in [0.29, 0.717) is 0 Å². The van der Waals surface area contributed by atoms with Crippen LogP contribution in [0, 0.1) is 0 Å². The first kappa shape index (κ1) is 38.6. The van der Waals surface area contributed by atoms with Crippen LogP contribution in [0.5, 0.6) is 0 Å². The standard InChI is InChI=1S/C60H53BN2O3/c1-57(2,3)32-15-18-34(19-16-32)63-47-28-42-41-27-44-45(60(9,10)24-23-59(44,7)8)30-51(41)65-50(42)29-39(47)36-20-21-37-38-26-40-35-13-11-12-14-48(35)64-52(40)31-46(38)62-54(37)53(36)61(63)56-55(62)43-25-33(58(4,5)6)17-22-49(43)66-56/h11-22,25-31H,23-24H2,1-10H3. The Labute approximate surface area is 385 Å². The first-order chi connectivity index (χ1) is 31.4. The second-order valence-electron chi connectivity index (χ2n) is 23.2. The third-order valence-corrected chi connectivity index (χ3v) is 16.1. The molecule has 2 aliphatic heterocycles. The van der Waals surface area contributed by atoms with Crippen molar-refractivity contribution in [3.63, 3.8) is 0 Å². The van der Waals surface area contributed by atoms with E-state index >= 15 is 0 Å². The zero-order valence-corrected chi connectivity index (χ0v) is 39.6. The Morgan fingerprint density at radius 2 is 1.14 bits per heavy atom. The Hall–Kier alpha value is -6.66. The van der Waals surface area contributed by atoms with Gasteiger partial charge in [-0.25, -0.2) is 0 Å². The fraction of sp³-hybridized carbons (Fsp3) is 0.267. The Kier molecular flexibility index (Phi) is 7.14. The first-order valence-electron chi connectivity index (χ1n) is 23.9. The maximum absolute atomic E-state index is 7.38. The average molecular weight is 861 g/mol. The average Bonchev–Trinajstić information content (AvgIpc) is 4.03. The van der Waals surface area contributed by atoms with Gasteiger partial charge in [-0.1, -0.05) is 118 Å². The molecule has 324 valence electrons. The van der Waals surface area contributed by atoms with Crippen molar-refractivity contribution in [2.24, 2.45) is 0 Å². The second-order valence-corrected chi connectivity index (χ2v) is 23.2. The lowest BCUT2D eigenvalue weighted by molar-refractivity contribution is 0.332. The van der Waals surface area contributed by atoms with Gasteiger partial charge in [0.2, 0.25) is 0 Å². The van der Waals surface area contributed by atoms with Gasteiger partial charge in [0.05, 0.1) is 16.7 Å². The van der Waals surface area contributed by atoms with E-state index in [9.17, 15) is 0 Å². The summed E-state index contributed by atoms with van der Waals surface area (Å²) in [5.74, 6) is 0. The molecule has 14 rings (SSSR count). The SMILES string of the molecule is CC(C)(C)c1ccc(N2B3c4oc5ccc(C(C)(C)C)cc5c4-n4c5cc6oc7ccccc7c6cc5c5ccc(c3c54)-c3cc4oc5cc6c(cc5c4cc32)C(C)(C)CCC6(C)C)cc1. The molecule has 0 spiro atoms. The van der Waals surface area contributed by atoms with Gasteiger partial charge < -0.3 is 22.6 Å². The number of aromatic nitrogens is 1. The minimum absolute atomic E-state index is 0.00735. The number of benzene rings is 7. The summed E-state index contributed by atoms with van der Waals surface area (Å²) in [7, 11) is 0. The van der Waals surface area contributed by atoms with Gasteiger partial charge in [-0.05, 0) is 128 Å². The zero-order valence-electron chi connectivity index (χ0n) is 39.6. The second kappa shape index (κ2) is 12.2. The Balaban J connectivity index is 1.13. The van der Waals surface area contributed by atoms with Crippen molar-refractivity contribution < 1.29 is 13.3 Å². The van der Waals surface area contributed by atoms with Crippen LogP contribution in [0.3, 0.4) is 0 Å². The number of hydrogen-bond acceptors (Lipinski definition) is 4. The fourth-order valence-corrected chi connectivity index (χ4v) is 12.3. The predicted molar refractivity (Wildman–Crippen MR) is 277 cm³/mol. The molecule has 0 saturated heterocycles. The van der Waals surface area contributed by atoms with Crippen molar-refractivity contribution in [3.05, 3.63) is 138 Å². The number of hydrogen-bond donors (Lipinski definition) is 0. The molecule has 6 heteroatoms. The smallest absolute Gasteiger partial charge is 0.375 e. The predicted octanol–water partition coefficient (Wildman–Crippen LogP) is 15.5. The highest BCUT2D eigenvalue weighted by Gasteiger charge is 2.48. The molecule has 1 aliphatic carbocycles. The summed E-state index contributed by atoms with van der Waals surface area (Å²) in [5, 5.41) is 8.13. The molecule has 66 heavy (non-hydrogen) atoms. The molecule has 0 bridgehead atoms. The van der Waals surface area contributed by atoms with E-state index in [1.807, 2.05) is 0 Å². The van der Waals surface area contributed by atoms with E-state index in [-0.39, 0.29) is 28.5 Å². The van der Waals surface area contributed by atoms with Gasteiger partial charge in [0.15, 0.2) is 0 Å². The van der Waals surface area contributed by atoms with Crippen LogP contribution in [-0.2, 0) is 21.7 Å². The minimum atomic E-state index is -0.263. The van der Waals surface area contributed by atoms with Crippen LogP contribution < -0.4 is 15.9 Å². The summed E-state index contributed by atoms with van der Waals surface area (Å²) < 4.78 is 23.5. The normalized spacial score (nSPS) is 16.4. The molecular weight excluding hydrogens is 807 g/mol. The molecular formula is C60H53BN2O3. The van der Waals surface area contributed by atoms with E-state index < -0.39 is 0 Å². The summed E-state index contributed by atoms with van der Waals surface area (Å²) in [4.78, 5) is 2.58. The number of fused-ring (bicyclic) bond motifs is 17. The molecule has 0 fully saturated rings. The summed E-state index contributed by atoms with van der Waals surface area (Å²) in [6.45, 7) is 23.1. The first-order valence-corrected chi connectivity index (χ1v) is 23.9. The number of para-hydroxylation sites is 1. The maximum Gasteiger partial charge on any atom is 0.375 e. The fourth-order valence-electron chi connectivity index (χ4n) is 12.3. The molecule has 4 aromatic heterocycles. The molecule has 3 aliphatic rings. The van der Waals surface area contributed by atoms with Crippen molar-refractivity contribution >= 4 is 106 Å². The minimum Gasteiger partial charge on any atom is -0.466 e. The number of nitrogens with zero attached hydrogens (tertiary/aromatic N) is 2. The highest BCUT2D eigenvalue weighted by molar-refractivity contribution is 6.93. The van der Waals surface area contributed by atoms with E-state index in [0.717, 1.165) is 96.1 Å². The van der Waals surface area contributed by atoms with Gasteiger partial charge in [-0.15, -0.1) is 0 Å². The van der Waals surface area contributed by atoms with Crippen molar-refractivity contribution in [1.82, 2.24) is 4.57 Å². The number of rotatable bonds is 1. The monoisotopic (exact) mass is 860 g/mol. The quantitative estimate of drug-likeness (QED) is 0.154. The molecule has 0 radical (unpaired) electrons. The van der Waals surface area contributed by atoms with Gasteiger partial charge in [0, 0.05) is 60.7 Å². The van der Waals surface area contributed by atoms with Crippen molar-refractivity contribution in [2.75, 3.05) is 4.81 Å². The van der Waals surface area contributed by atoms with Crippen molar-refractivity contribution in [1.29, 1.82) is 0 Å². The molecule has 0 unspecified atom stereocenters. The van der Waals surface area contributed by atoms with Crippen molar-refractivity contribution in [3.8, 4) is 16.8 Å². The van der Waals surface area contributed by atoms with E-state index in [2.05, 4.69) is 194 Å². The van der Waals surface area contributed by atoms with E-state index in [4.69, 9.17) is 13.3 Å². The van der Waals surface area contributed by atoms with Gasteiger partial charge in [0.25, 0.3) is 0 Å². The number of anilines is 2. The van der Waals surface area contributed by atoms with Gasteiger partial charge >= 0.3 is 6.85 Å². The van der Waals surface area contributed by atoms with Crippen LogP contribution in [0.4, 0.5) is 11.4 Å². The Morgan fingerprint density at radius 3 is 1.89 bits per heavy atom. The Bertz CT molecular complexity index is 3970. The molecule has 7 aromatic carbocycles. The molecule has 0 atom stereocenters. The number of furan rings is 3. The topological polar surface area (TPSA) is 47.6 Å². The summed E-state index contributed by atoms with van der Waals surface area (Å²) in [5.41, 5.74) is 20.3. The zero-order chi connectivity index (χ0) is 45.1. The lowest BCUT2D eigenvalue weighted by Gasteiger charge is -2.41. The Morgan fingerprint density at radius 1 is 0.500 bits per heavy atom. The molecule has 0 saturated carbocycles. The molecule has 0 N–H and O–H groups in total. The molecule has 11 aromatic rings. The van der Waals surface area contributed by atoms with Crippen LogP contribution in [0.2, 0.25) is 0 Å². The van der Waals surface area contributed by atoms with Crippen LogP contribution in [-0.4, -0.2) is 11.4 Å².